The number of phenolic OH excluding ortho intramolecular Hbond substituents is 1. The molecule has 0 aromatic heterocycles. The van der Waals surface area contributed by atoms with E-state index in [2.05, 4.69) is 10.5 Å². The number of benzene rings is 1. The summed E-state index contributed by atoms with van der Waals surface area (Å²) in [4.78, 5) is 0. The zero-order valence-corrected chi connectivity index (χ0v) is 9.36. The summed E-state index contributed by atoms with van der Waals surface area (Å²) in [6.07, 6.45) is 1.64. The summed E-state index contributed by atoms with van der Waals surface area (Å²) in [6.45, 7) is 1.67. The van der Waals surface area contributed by atoms with Crippen LogP contribution in [0, 0.1) is 11.7 Å². The van der Waals surface area contributed by atoms with Crippen LogP contribution in [0.2, 0.25) is 0 Å². The minimum atomic E-state index is -0.559. The van der Waals surface area contributed by atoms with Gasteiger partial charge in [-0.25, -0.2) is 4.39 Å². The molecule has 0 amide bonds. The van der Waals surface area contributed by atoms with Gasteiger partial charge in [0.1, 0.15) is 11.6 Å². The van der Waals surface area contributed by atoms with E-state index in [1.165, 1.54) is 12.1 Å². The minimum absolute atomic E-state index is 0.0558. The summed E-state index contributed by atoms with van der Waals surface area (Å²) in [5.74, 6) is -0.634. The number of hydrogen-bond acceptors (Lipinski definition) is 4. The van der Waals surface area contributed by atoms with Crippen molar-refractivity contribution in [3.63, 3.8) is 0 Å². The van der Waals surface area contributed by atoms with Crippen LogP contribution in [0.25, 0.3) is 0 Å². The van der Waals surface area contributed by atoms with E-state index in [9.17, 15) is 4.39 Å². The summed E-state index contributed by atoms with van der Waals surface area (Å²) in [6, 6.07) is 3.87. The third-order valence-electron chi connectivity index (χ3n) is 3.06. The number of phenols is 1. The van der Waals surface area contributed by atoms with E-state index in [4.69, 9.17) is 10.3 Å². The number of nitrogens with one attached hydrogen (secondary N) is 1. The molecule has 2 rings (SSSR count). The number of halogens is 1. The molecule has 92 valence electrons. The third kappa shape index (κ3) is 2.55. The maximum absolute atomic E-state index is 13.7. The van der Waals surface area contributed by atoms with Crippen molar-refractivity contribution >= 4 is 5.71 Å². The first kappa shape index (κ1) is 11.9. The molecule has 3 N–H and O–H groups in total. The molecule has 17 heavy (non-hydrogen) atoms. The highest BCUT2D eigenvalue weighted by Crippen LogP contribution is 2.23. The van der Waals surface area contributed by atoms with Crippen LogP contribution >= 0.6 is 0 Å². The first-order chi connectivity index (χ1) is 8.22. The average Bonchev–Trinajstić information content (AvgIpc) is 2.34. The van der Waals surface area contributed by atoms with E-state index in [1.807, 2.05) is 0 Å². The normalized spacial score (nSPS) is 18.3. The van der Waals surface area contributed by atoms with Gasteiger partial charge in [0.15, 0.2) is 0 Å². The smallest absolute Gasteiger partial charge is 0.136 e. The fourth-order valence-corrected chi connectivity index (χ4v) is 2.16. The zero-order chi connectivity index (χ0) is 12.3. The molecule has 0 bridgehead atoms. The van der Waals surface area contributed by atoms with Crippen LogP contribution in [0.1, 0.15) is 18.4 Å². The topological polar surface area (TPSA) is 64.9 Å². The van der Waals surface area contributed by atoms with Gasteiger partial charge < -0.3 is 15.6 Å². The summed E-state index contributed by atoms with van der Waals surface area (Å²) >= 11 is 0. The Morgan fingerprint density at radius 2 is 2.06 bits per heavy atom. The Hall–Kier alpha value is -1.62. The van der Waals surface area contributed by atoms with Crippen molar-refractivity contribution in [2.24, 2.45) is 11.1 Å². The molecular weight excluding hydrogens is 223 g/mol. The first-order valence-electron chi connectivity index (χ1n) is 5.64. The number of nitrogens with zero attached hydrogens (tertiary/aromatic N) is 1. The Morgan fingerprint density at radius 3 is 2.65 bits per heavy atom. The Balaban J connectivity index is 2.28. The quantitative estimate of drug-likeness (QED) is 0.417. The van der Waals surface area contributed by atoms with Gasteiger partial charge in [-0.2, -0.15) is 0 Å². The average molecular weight is 238 g/mol. The first-order valence-corrected chi connectivity index (χ1v) is 5.64. The fourth-order valence-electron chi connectivity index (χ4n) is 2.16. The van der Waals surface area contributed by atoms with Crippen LogP contribution in [0.15, 0.2) is 23.4 Å². The van der Waals surface area contributed by atoms with Gasteiger partial charge in [0, 0.05) is 17.5 Å². The van der Waals surface area contributed by atoms with Gasteiger partial charge in [0.05, 0.1) is 5.71 Å². The number of rotatable bonds is 2. The van der Waals surface area contributed by atoms with E-state index in [-0.39, 0.29) is 17.2 Å². The Labute approximate surface area is 98.8 Å². The second-order valence-corrected chi connectivity index (χ2v) is 4.17. The molecule has 1 aromatic carbocycles. The van der Waals surface area contributed by atoms with Crippen LogP contribution < -0.4 is 5.32 Å². The highest BCUT2D eigenvalue weighted by molar-refractivity contribution is 6.02. The SMILES string of the molecule is O/N=C(/c1ccc(O)cc1F)C1CCNCC1. The molecule has 0 spiro atoms. The van der Waals surface area contributed by atoms with Gasteiger partial charge >= 0.3 is 0 Å². The highest BCUT2D eigenvalue weighted by atomic mass is 19.1. The highest BCUT2D eigenvalue weighted by Gasteiger charge is 2.23. The van der Waals surface area contributed by atoms with E-state index >= 15 is 0 Å². The van der Waals surface area contributed by atoms with Gasteiger partial charge in [-0.1, -0.05) is 5.16 Å². The fraction of sp³-hybridized carbons (Fsp3) is 0.417. The molecule has 0 saturated carbocycles. The molecule has 4 nitrogen and oxygen atoms in total. The standard InChI is InChI=1S/C12H15FN2O2/c13-11-7-9(16)1-2-10(11)12(15-17)8-3-5-14-6-4-8/h1-2,7-8,14,16-17H,3-6H2/b15-12+. The van der Waals surface area contributed by atoms with Crippen molar-refractivity contribution in [3.05, 3.63) is 29.6 Å². The van der Waals surface area contributed by atoms with Gasteiger partial charge in [0.2, 0.25) is 0 Å². The molecule has 1 aliphatic rings. The Bertz CT molecular complexity index is 429. The second kappa shape index (κ2) is 5.14. The van der Waals surface area contributed by atoms with E-state index < -0.39 is 5.82 Å². The summed E-state index contributed by atoms with van der Waals surface area (Å²) in [5.41, 5.74) is 0.626. The van der Waals surface area contributed by atoms with Crippen LogP contribution in [0.5, 0.6) is 5.75 Å². The lowest BCUT2D eigenvalue weighted by atomic mass is 9.88. The lowest BCUT2D eigenvalue weighted by Crippen LogP contribution is -2.32. The van der Waals surface area contributed by atoms with Gasteiger partial charge in [-0.05, 0) is 38.1 Å². The molecule has 1 aliphatic heterocycles. The molecular formula is C12H15FN2O2. The lowest BCUT2D eigenvalue weighted by Gasteiger charge is -2.23. The van der Waals surface area contributed by atoms with Crippen molar-refractivity contribution in [1.29, 1.82) is 0 Å². The predicted molar refractivity (Wildman–Crippen MR) is 62.0 cm³/mol. The van der Waals surface area contributed by atoms with Crippen LogP contribution in [-0.2, 0) is 0 Å². The van der Waals surface area contributed by atoms with Crippen molar-refractivity contribution in [2.45, 2.75) is 12.8 Å². The monoisotopic (exact) mass is 238 g/mol. The van der Waals surface area contributed by atoms with Gasteiger partial charge in [-0.3, -0.25) is 0 Å². The van der Waals surface area contributed by atoms with Gasteiger partial charge in [-0.15, -0.1) is 0 Å². The Morgan fingerprint density at radius 1 is 1.35 bits per heavy atom. The maximum Gasteiger partial charge on any atom is 0.136 e. The second-order valence-electron chi connectivity index (χ2n) is 4.17. The van der Waals surface area contributed by atoms with Crippen molar-refractivity contribution in [1.82, 2.24) is 5.32 Å². The van der Waals surface area contributed by atoms with Crippen LogP contribution in [0.3, 0.4) is 0 Å². The molecule has 0 atom stereocenters. The molecule has 1 saturated heterocycles. The van der Waals surface area contributed by atoms with E-state index in [0.717, 1.165) is 32.0 Å². The van der Waals surface area contributed by atoms with Crippen molar-refractivity contribution < 1.29 is 14.7 Å². The van der Waals surface area contributed by atoms with Crippen LogP contribution in [0.4, 0.5) is 4.39 Å². The van der Waals surface area contributed by atoms with Crippen molar-refractivity contribution in [2.75, 3.05) is 13.1 Å². The van der Waals surface area contributed by atoms with Crippen molar-refractivity contribution in [3.8, 4) is 5.75 Å². The molecule has 1 heterocycles. The third-order valence-corrected chi connectivity index (χ3v) is 3.06. The number of oxime groups is 1. The molecule has 0 radical (unpaired) electrons. The minimum Gasteiger partial charge on any atom is -0.508 e. The molecule has 0 unspecified atom stereocenters. The molecule has 1 fully saturated rings. The number of aromatic hydroxyl groups is 1. The largest absolute Gasteiger partial charge is 0.508 e. The lowest BCUT2D eigenvalue weighted by molar-refractivity contribution is 0.311. The summed E-state index contributed by atoms with van der Waals surface area (Å²) in [7, 11) is 0. The molecule has 1 aromatic rings. The maximum atomic E-state index is 13.7. The summed E-state index contributed by atoms with van der Waals surface area (Å²) in [5, 5.41) is 24.7. The Kier molecular flexibility index (Phi) is 3.58. The molecule has 0 aliphatic carbocycles. The van der Waals surface area contributed by atoms with E-state index in [0.29, 0.717) is 5.71 Å². The number of piperidine rings is 1. The van der Waals surface area contributed by atoms with Gasteiger partial charge in [0.25, 0.3) is 0 Å². The van der Waals surface area contributed by atoms with Crippen LogP contribution in [-0.4, -0.2) is 29.1 Å². The van der Waals surface area contributed by atoms with E-state index in [1.54, 1.807) is 0 Å². The zero-order valence-electron chi connectivity index (χ0n) is 9.36. The molecule has 5 heteroatoms. The summed E-state index contributed by atoms with van der Waals surface area (Å²) < 4.78 is 13.7. The number of hydrogen-bond donors (Lipinski definition) is 3. The predicted octanol–water partition coefficient (Wildman–Crippen LogP) is 1.71.